The number of phenols is 1. The SMILES string of the molecule is O=C1C[C@H](c2ccc(O[C@@H]3O[C@@H](CO)[C@@H](O)[C@@H](O)[C@H]3O)cc2)Oc2cc(O)ccc21. The summed E-state index contributed by atoms with van der Waals surface area (Å²) < 4.78 is 16.7. The van der Waals surface area contributed by atoms with Gasteiger partial charge in [0.1, 0.15) is 47.8 Å². The van der Waals surface area contributed by atoms with E-state index in [0.29, 0.717) is 22.6 Å². The normalized spacial score (nSPS) is 31.0. The molecule has 0 aliphatic carbocycles. The molecule has 0 aromatic heterocycles. The summed E-state index contributed by atoms with van der Waals surface area (Å²) in [4.78, 5) is 12.4. The van der Waals surface area contributed by atoms with Gasteiger partial charge in [-0.2, -0.15) is 0 Å². The second-order valence-electron chi connectivity index (χ2n) is 7.30. The van der Waals surface area contributed by atoms with Crippen molar-refractivity contribution in [1.29, 1.82) is 0 Å². The van der Waals surface area contributed by atoms with E-state index in [-0.39, 0.29) is 18.0 Å². The minimum absolute atomic E-state index is 0.00507. The summed E-state index contributed by atoms with van der Waals surface area (Å²) in [6, 6.07) is 10.9. The van der Waals surface area contributed by atoms with E-state index in [4.69, 9.17) is 14.2 Å². The molecule has 0 amide bonds. The number of hydrogen-bond donors (Lipinski definition) is 5. The largest absolute Gasteiger partial charge is 0.508 e. The Morgan fingerprint density at radius 3 is 2.43 bits per heavy atom. The van der Waals surface area contributed by atoms with E-state index in [1.165, 1.54) is 18.2 Å². The predicted octanol–water partition coefficient (Wildman–Crippen LogP) is 0.277. The molecule has 0 unspecified atom stereocenters. The lowest BCUT2D eigenvalue weighted by atomic mass is 9.96. The van der Waals surface area contributed by atoms with E-state index in [1.807, 2.05) is 0 Å². The minimum Gasteiger partial charge on any atom is -0.508 e. The number of ether oxygens (including phenoxy) is 3. The molecular formula is C21H22O9. The van der Waals surface area contributed by atoms with Gasteiger partial charge in [-0.25, -0.2) is 0 Å². The van der Waals surface area contributed by atoms with Crippen molar-refractivity contribution in [3.05, 3.63) is 53.6 Å². The molecule has 6 atom stereocenters. The number of carbonyl (C=O) groups excluding carboxylic acids is 1. The van der Waals surface area contributed by atoms with Crippen molar-refractivity contribution in [2.45, 2.75) is 43.2 Å². The number of aliphatic hydroxyl groups is 4. The van der Waals surface area contributed by atoms with E-state index in [2.05, 4.69) is 0 Å². The molecule has 2 heterocycles. The van der Waals surface area contributed by atoms with Gasteiger partial charge in [0.2, 0.25) is 6.29 Å². The first-order valence-electron chi connectivity index (χ1n) is 9.47. The molecule has 2 aliphatic rings. The van der Waals surface area contributed by atoms with Crippen molar-refractivity contribution in [3.63, 3.8) is 0 Å². The fraction of sp³-hybridized carbons (Fsp3) is 0.381. The lowest BCUT2D eigenvalue weighted by Gasteiger charge is -2.39. The van der Waals surface area contributed by atoms with Crippen molar-refractivity contribution in [1.82, 2.24) is 0 Å². The number of fused-ring (bicyclic) bond motifs is 1. The molecule has 0 spiro atoms. The van der Waals surface area contributed by atoms with E-state index >= 15 is 0 Å². The van der Waals surface area contributed by atoms with Crippen molar-refractivity contribution < 1.29 is 44.5 Å². The highest BCUT2D eigenvalue weighted by Crippen LogP contribution is 2.37. The zero-order chi connectivity index (χ0) is 21.4. The molecule has 0 bridgehead atoms. The van der Waals surface area contributed by atoms with E-state index in [0.717, 1.165) is 0 Å². The van der Waals surface area contributed by atoms with Crippen molar-refractivity contribution >= 4 is 5.78 Å². The summed E-state index contributed by atoms with van der Waals surface area (Å²) in [7, 11) is 0. The molecule has 0 saturated carbocycles. The van der Waals surface area contributed by atoms with Crippen LogP contribution in [-0.4, -0.2) is 68.6 Å². The van der Waals surface area contributed by atoms with Crippen LogP contribution < -0.4 is 9.47 Å². The van der Waals surface area contributed by atoms with Crippen LogP contribution >= 0.6 is 0 Å². The molecule has 160 valence electrons. The fourth-order valence-electron chi connectivity index (χ4n) is 3.56. The highest BCUT2D eigenvalue weighted by Gasteiger charge is 2.44. The van der Waals surface area contributed by atoms with Crippen LogP contribution in [0.1, 0.15) is 28.4 Å². The summed E-state index contributed by atoms with van der Waals surface area (Å²) in [6.45, 7) is -0.548. The van der Waals surface area contributed by atoms with Crippen LogP contribution in [0.5, 0.6) is 17.2 Å². The molecule has 0 radical (unpaired) electrons. The summed E-state index contributed by atoms with van der Waals surface area (Å²) in [6.07, 6.45) is -7.24. The van der Waals surface area contributed by atoms with Crippen molar-refractivity contribution in [2.75, 3.05) is 6.61 Å². The van der Waals surface area contributed by atoms with Gasteiger partial charge in [0.05, 0.1) is 18.6 Å². The van der Waals surface area contributed by atoms with E-state index in [9.17, 15) is 30.3 Å². The van der Waals surface area contributed by atoms with Gasteiger partial charge in [-0.1, -0.05) is 12.1 Å². The van der Waals surface area contributed by atoms with Gasteiger partial charge in [0.15, 0.2) is 5.78 Å². The molecule has 5 N–H and O–H groups in total. The molecule has 2 aliphatic heterocycles. The van der Waals surface area contributed by atoms with Crippen LogP contribution in [0.25, 0.3) is 0 Å². The Kier molecular flexibility index (Phi) is 5.63. The number of benzene rings is 2. The highest BCUT2D eigenvalue weighted by atomic mass is 16.7. The number of carbonyl (C=O) groups is 1. The quantitative estimate of drug-likeness (QED) is 0.472. The highest BCUT2D eigenvalue weighted by molar-refractivity contribution is 6.00. The third-order valence-electron chi connectivity index (χ3n) is 5.26. The minimum atomic E-state index is -1.53. The third-order valence-corrected chi connectivity index (χ3v) is 5.26. The van der Waals surface area contributed by atoms with Gasteiger partial charge in [0.25, 0.3) is 0 Å². The average Bonchev–Trinajstić information content (AvgIpc) is 2.74. The standard InChI is InChI=1S/C21H22O9/c22-9-17-18(25)19(26)20(27)21(30-17)28-12-4-1-10(2-5-12)15-8-14(24)13-6-3-11(23)7-16(13)29-15/h1-7,15,17-23,25-27H,8-9H2/t15-,17+,18-,19-,20-,21-/m1/s1. The number of rotatable bonds is 4. The topological polar surface area (TPSA) is 146 Å². The van der Waals surface area contributed by atoms with Crippen LogP contribution in [0.15, 0.2) is 42.5 Å². The zero-order valence-electron chi connectivity index (χ0n) is 15.8. The van der Waals surface area contributed by atoms with Gasteiger partial charge in [-0.05, 0) is 29.8 Å². The first kappa shape index (κ1) is 20.6. The second-order valence-corrected chi connectivity index (χ2v) is 7.30. The van der Waals surface area contributed by atoms with Crippen LogP contribution in [0.3, 0.4) is 0 Å². The summed E-state index contributed by atoms with van der Waals surface area (Å²) in [5.74, 6) is 0.537. The van der Waals surface area contributed by atoms with Crippen LogP contribution in [-0.2, 0) is 4.74 Å². The Balaban J connectivity index is 1.46. The Morgan fingerprint density at radius 2 is 1.73 bits per heavy atom. The number of phenolic OH excluding ortho intramolecular Hbond substituents is 1. The number of hydrogen-bond acceptors (Lipinski definition) is 9. The van der Waals surface area contributed by atoms with Crippen LogP contribution in [0.4, 0.5) is 0 Å². The molecule has 2 aromatic rings. The van der Waals surface area contributed by atoms with Crippen LogP contribution in [0, 0.1) is 0 Å². The fourth-order valence-corrected chi connectivity index (χ4v) is 3.56. The molecular weight excluding hydrogens is 396 g/mol. The maximum atomic E-state index is 12.4. The molecule has 1 saturated heterocycles. The third kappa shape index (κ3) is 3.85. The number of aromatic hydroxyl groups is 1. The number of Topliss-reactive ketones (excluding diaryl/α,β-unsaturated/α-hetero) is 1. The van der Waals surface area contributed by atoms with Crippen molar-refractivity contribution in [3.8, 4) is 17.2 Å². The molecule has 4 rings (SSSR count). The van der Waals surface area contributed by atoms with Gasteiger partial charge in [-0.15, -0.1) is 0 Å². The van der Waals surface area contributed by atoms with Crippen LogP contribution in [0.2, 0.25) is 0 Å². The Hall–Kier alpha value is -2.69. The Labute approximate surface area is 171 Å². The molecule has 30 heavy (non-hydrogen) atoms. The maximum Gasteiger partial charge on any atom is 0.229 e. The second kappa shape index (κ2) is 8.21. The predicted molar refractivity (Wildman–Crippen MR) is 101 cm³/mol. The molecule has 9 heteroatoms. The van der Waals surface area contributed by atoms with E-state index < -0.39 is 43.4 Å². The zero-order valence-corrected chi connectivity index (χ0v) is 15.8. The average molecular weight is 418 g/mol. The molecule has 1 fully saturated rings. The lowest BCUT2D eigenvalue weighted by Crippen LogP contribution is -2.60. The molecule has 9 nitrogen and oxygen atoms in total. The van der Waals surface area contributed by atoms with Gasteiger partial charge >= 0.3 is 0 Å². The summed E-state index contributed by atoms with van der Waals surface area (Å²) in [5.41, 5.74) is 1.13. The summed E-state index contributed by atoms with van der Waals surface area (Å²) >= 11 is 0. The van der Waals surface area contributed by atoms with Gasteiger partial charge < -0.3 is 39.7 Å². The van der Waals surface area contributed by atoms with Gasteiger partial charge in [0, 0.05) is 6.07 Å². The summed E-state index contributed by atoms with van der Waals surface area (Å²) in [5, 5.41) is 48.6. The first-order chi connectivity index (χ1) is 14.4. The van der Waals surface area contributed by atoms with Gasteiger partial charge in [-0.3, -0.25) is 4.79 Å². The van der Waals surface area contributed by atoms with Crippen molar-refractivity contribution in [2.24, 2.45) is 0 Å². The smallest absolute Gasteiger partial charge is 0.229 e. The Morgan fingerprint density at radius 1 is 1.00 bits per heavy atom. The maximum absolute atomic E-state index is 12.4. The monoisotopic (exact) mass is 418 g/mol. The lowest BCUT2D eigenvalue weighted by molar-refractivity contribution is -0.277. The Bertz CT molecular complexity index is 911. The first-order valence-corrected chi connectivity index (χ1v) is 9.47. The molecule has 2 aromatic carbocycles. The number of aliphatic hydroxyl groups excluding tert-OH is 4. The van der Waals surface area contributed by atoms with E-state index in [1.54, 1.807) is 24.3 Å². The number of ketones is 1.